The van der Waals surface area contributed by atoms with E-state index in [0.29, 0.717) is 25.9 Å². The fourth-order valence-corrected chi connectivity index (χ4v) is 4.38. The summed E-state index contributed by atoms with van der Waals surface area (Å²) < 4.78 is 26.2. The molecule has 0 aliphatic heterocycles. The first-order chi connectivity index (χ1) is 12.5. The van der Waals surface area contributed by atoms with Gasteiger partial charge in [0.25, 0.3) is 0 Å². The van der Waals surface area contributed by atoms with E-state index in [-0.39, 0.29) is 10.8 Å². The number of aryl methyl sites for hydroxylation is 1. The standard InChI is InChI=1S/C19H26N2O3S2/c1-2-21-26(23,24)18-11-9-16(10-12-18)13-14-20-19(22)8-4-3-6-17-7-5-15-25-17/h5,7,9-12,15,21H,2-4,6,8,13-14H2,1H3,(H,20,22). The van der Waals surface area contributed by atoms with E-state index in [1.165, 1.54) is 4.88 Å². The fourth-order valence-electron chi connectivity index (χ4n) is 2.58. The molecule has 0 radical (unpaired) electrons. The van der Waals surface area contributed by atoms with E-state index < -0.39 is 10.0 Å². The minimum Gasteiger partial charge on any atom is -0.356 e. The summed E-state index contributed by atoms with van der Waals surface area (Å²) in [6, 6.07) is 10.9. The molecule has 1 heterocycles. The molecule has 2 N–H and O–H groups in total. The Morgan fingerprint density at radius 1 is 1.08 bits per heavy atom. The number of sulfonamides is 1. The molecule has 142 valence electrons. The molecule has 0 aliphatic rings. The van der Waals surface area contributed by atoms with Crippen molar-refractivity contribution in [3.8, 4) is 0 Å². The Kier molecular flexibility index (Phi) is 8.28. The molecule has 1 amide bonds. The topological polar surface area (TPSA) is 75.3 Å². The second-order valence-corrected chi connectivity index (χ2v) is 8.83. The highest BCUT2D eigenvalue weighted by atomic mass is 32.2. The van der Waals surface area contributed by atoms with Crippen LogP contribution in [-0.2, 0) is 27.7 Å². The molecule has 0 atom stereocenters. The van der Waals surface area contributed by atoms with Crippen LogP contribution in [0, 0.1) is 0 Å². The molecule has 1 aromatic heterocycles. The normalized spacial score (nSPS) is 11.4. The lowest BCUT2D eigenvalue weighted by atomic mass is 10.1. The van der Waals surface area contributed by atoms with Gasteiger partial charge in [-0.15, -0.1) is 11.3 Å². The number of nitrogens with one attached hydrogen (secondary N) is 2. The molecule has 0 bridgehead atoms. The van der Waals surface area contributed by atoms with Crippen molar-refractivity contribution in [2.45, 2.75) is 43.9 Å². The van der Waals surface area contributed by atoms with E-state index >= 15 is 0 Å². The van der Waals surface area contributed by atoms with Crippen molar-refractivity contribution < 1.29 is 13.2 Å². The van der Waals surface area contributed by atoms with E-state index in [4.69, 9.17) is 0 Å². The fraction of sp³-hybridized carbons (Fsp3) is 0.421. The summed E-state index contributed by atoms with van der Waals surface area (Å²) in [5.41, 5.74) is 0.999. The maximum atomic E-state index is 11.9. The van der Waals surface area contributed by atoms with Gasteiger partial charge in [-0.3, -0.25) is 4.79 Å². The van der Waals surface area contributed by atoms with Crippen LogP contribution >= 0.6 is 11.3 Å². The second-order valence-electron chi connectivity index (χ2n) is 6.03. The average molecular weight is 395 g/mol. The number of rotatable bonds is 11. The molecule has 2 aromatic rings. The smallest absolute Gasteiger partial charge is 0.240 e. The molecular weight excluding hydrogens is 368 g/mol. The Labute approximate surface area is 159 Å². The van der Waals surface area contributed by atoms with Crippen LogP contribution in [0.4, 0.5) is 0 Å². The molecular formula is C19H26N2O3S2. The maximum Gasteiger partial charge on any atom is 0.240 e. The van der Waals surface area contributed by atoms with E-state index in [2.05, 4.69) is 27.6 Å². The zero-order valence-corrected chi connectivity index (χ0v) is 16.7. The third-order valence-electron chi connectivity index (χ3n) is 3.96. The summed E-state index contributed by atoms with van der Waals surface area (Å²) in [6.07, 6.45) is 4.18. The quantitative estimate of drug-likeness (QED) is 0.575. The van der Waals surface area contributed by atoms with Gasteiger partial charge in [-0.05, 0) is 54.8 Å². The highest BCUT2D eigenvalue weighted by Gasteiger charge is 2.11. The van der Waals surface area contributed by atoms with Gasteiger partial charge in [0.1, 0.15) is 0 Å². The first-order valence-corrected chi connectivity index (χ1v) is 11.2. The van der Waals surface area contributed by atoms with Gasteiger partial charge in [-0.25, -0.2) is 13.1 Å². The third kappa shape index (κ3) is 6.90. The zero-order chi connectivity index (χ0) is 18.8. The van der Waals surface area contributed by atoms with Crippen LogP contribution in [0.25, 0.3) is 0 Å². The SMILES string of the molecule is CCNS(=O)(=O)c1ccc(CCNC(=O)CCCCc2cccs2)cc1. The van der Waals surface area contributed by atoms with E-state index in [1.807, 2.05) is 0 Å². The molecule has 7 heteroatoms. The Bertz CT molecular complexity index is 770. The number of carbonyl (C=O) groups is 1. The molecule has 0 spiro atoms. The van der Waals surface area contributed by atoms with E-state index in [0.717, 1.165) is 24.8 Å². The van der Waals surface area contributed by atoms with Gasteiger partial charge in [0.15, 0.2) is 0 Å². The Hall–Kier alpha value is -1.70. The molecule has 2 rings (SSSR count). The minimum atomic E-state index is -3.41. The van der Waals surface area contributed by atoms with Gasteiger partial charge < -0.3 is 5.32 Å². The summed E-state index contributed by atoms with van der Waals surface area (Å²) >= 11 is 1.76. The average Bonchev–Trinajstić information content (AvgIpc) is 3.13. The van der Waals surface area contributed by atoms with E-state index in [9.17, 15) is 13.2 Å². The first-order valence-electron chi connectivity index (χ1n) is 8.89. The number of hydrogen-bond donors (Lipinski definition) is 2. The lowest BCUT2D eigenvalue weighted by Gasteiger charge is -2.07. The largest absolute Gasteiger partial charge is 0.356 e. The van der Waals surface area contributed by atoms with Gasteiger partial charge in [0.2, 0.25) is 15.9 Å². The molecule has 0 aliphatic carbocycles. The second kappa shape index (κ2) is 10.4. The molecule has 0 saturated heterocycles. The molecule has 26 heavy (non-hydrogen) atoms. The van der Waals surface area contributed by atoms with Crippen LogP contribution in [-0.4, -0.2) is 27.4 Å². The van der Waals surface area contributed by atoms with Crippen LogP contribution in [0.3, 0.4) is 0 Å². The predicted octanol–water partition coefficient (Wildman–Crippen LogP) is 3.12. The number of hydrogen-bond acceptors (Lipinski definition) is 4. The van der Waals surface area contributed by atoms with Gasteiger partial charge in [0, 0.05) is 24.4 Å². The summed E-state index contributed by atoms with van der Waals surface area (Å²) in [6.45, 7) is 2.67. The molecule has 0 unspecified atom stereocenters. The number of benzene rings is 1. The van der Waals surface area contributed by atoms with Gasteiger partial charge in [0.05, 0.1) is 4.90 Å². The van der Waals surface area contributed by atoms with Crippen molar-refractivity contribution in [2.24, 2.45) is 0 Å². The van der Waals surface area contributed by atoms with Crippen LogP contribution in [0.5, 0.6) is 0 Å². The van der Waals surface area contributed by atoms with Crippen molar-refractivity contribution in [2.75, 3.05) is 13.1 Å². The lowest BCUT2D eigenvalue weighted by molar-refractivity contribution is -0.121. The predicted molar refractivity (Wildman–Crippen MR) is 106 cm³/mol. The Morgan fingerprint density at radius 3 is 2.50 bits per heavy atom. The van der Waals surface area contributed by atoms with Gasteiger partial charge in [-0.2, -0.15) is 0 Å². The van der Waals surface area contributed by atoms with E-state index in [1.54, 1.807) is 42.5 Å². The molecule has 0 fully saturated rings. The van der Waals surface area contributed by atoms with Crippen LogP contribution < -0.4 is 10.0 Å². The number of carbonyl (C=O) groups excluding carboxylic acids is 1. The summed E-state index contributed by atoms with van der Waals surface area (Å²) in [7, 11) is -3.41. The number of thiophene rings is 1. The Morgan fingerprint density at radius 2 is 1.85 bits per heavy atom. The van der Waals surface area contributed by atoms with Crippen molar-refractivity contribution in [3.63, 3.8) is 0 Å². The van der Waals surface area contributed by atoms with Gasteiger partial charge >= 0.3 is 0 Å². The summed E-state index contributed by atoms with van der Waals surface area (Å²) in [4.78, 5) is 13.5. The molecule has 0 saturated carbocycles. The molecule has 5 nitrogen and oxygen atoms in total. The van der Waals surface area contributed by atoms with Crippen molar-refractivity contribution in [1.82, 2.24) is 10.0 Å². The van der Waals surface area contributed by atoms with Crippen LogP contribution in [0.1, 0.15) is 36.6 Å². The van der Waals surface area contributed by atoms with Crippen molar-refractivity contribution >= 4 is 27.3 Å². The third-order valence-corrected chi connectivity index (χ3v) is 6.46. The number of unbranched alkanes of at least 4 members (excludes halogenated alkanes) is 1. The molecule has 1 aromatic carbocycles. The minimum absolute atomic E-state index is 0.0718. The summed E-state index contributed by atoms with van der Waals surface area (Å²) in [5.74, 6) is 0.0718. The number of amides is 1. The maximum absolute atomic E-state index is 11.9. The summed E-state index contributed by atoms with van der Waals surface area (Å²) in [5, 5.41) is 5.00. The highest BCUT2D eigenvalue weighted by Crippen LogP contribution is 2.13. The Balaban J connectivity index is 1.64. The first kappa shape index (κ1) is 20.6. The van der Waals surface area contributed by atoms with Crippen molar-refractivity contribution in [1.29, 1.82) is 0 Å². The van der Waals surface area contributed by atoms with Gasteiger partial charge in [-0.1, -0.05) is 25.1 Å². The lowest BCUT2D eigenvalue weighted by Crippen LogP contribution is -2.25. The van der Waals surface area contributed by atoms with Crippen molar-refractivity contribution in [3.05, 3.63) is 52.2 Å². The van der Waals surface area contributed by atoms with Crippen LogP contribution in [0.2, 0.25) is 0 Å². The highest BCUT2D eigenvalue weighted by molar-refractivity contribution is 7.89. The monoisotopic (exact) mass is 394 g/mol. The zero-order valence-electron chi connectivity index (χ0n) is 15.0. The van der Waals surface area contributed by atoms with Crippen LogP contribution in [0.15, 0.2) is 46.7 Å².